The predicted molar refractivity (Wildman–Crippen MR) is 233 cm³/mol. The molecule has 0 saturated heterocycles. The molecule has 19 nitrogen and oxygen atoms in total. The van der Waals surface area contributed by atoms with Crippen molar-refractivity contribution in [3.8, 4) is 0 Å². The molecule has 21 heteroatoms. The van der Waals surface area contributed by atoms with Gasteiger partial charge >= 0.3 is 12.1 Å². The molecule has 0 spiro atoms. The number of hydrogen-bond acceptors (Lipinski definition) is 12. The maximum Gasteiger partial charge on any atom is 0.407 e. The van der Waals surface area contributed by atoms with Gasteiger partial charge in [0.1, 0.15) is 24.5 Å². The van der Waals surface area contributed by atoms with E-state index in [4.69, 9.17) is 19.9 Å². The lowest BCUT2D eigenvalue weighted by Crippen LogP contribution is -2.54. The number of amides is 7. The van der Waals surface area contributed by atoms with Gasteiger partial charge in [-0.25, -0.2) is 19.6 Å². The van der Waals surface area contributed by atoms with Crippen LogP contribution in [-0.2, 0) is 50.7 Å². The van der Waals surface area contributed by atoms with E-state index < -0.39 is 41.9 Å². The molecule has 0 saturated carbocycles. The molecule has 0 radical (unpaired) electrons. The van der Waals surface area contributed by atoms with Gasteiger partial charge in [0.25, 0.3) is 5.91 Å². The minimum atomic E-state index is -1.04. The molecule has 3 rings (SSSR count). The number of carbonyl (C=O) groups is 7. The van der Waals surface area contributed by atoms with E-state index in [0.29, 0.717) is 44.9 Å². The molecule has 0 bridgehead atoms. The standard InChI is InChI=1S/C40H53Br2N9O10/c1-24(2)35(38(56)50-30(5-4-13-45-39(43)57)37(55)47-28-9-6-26(7-10-28)23-61-40(58)46-22-25(3)52)51-34(53)12-15-59-17-18-60-16-14-44-36(54)27-8-11-29-31(19-27)49-33(21-42)32(20-41)48-29/h6-11,19,24,30,35H,4-5,12-18,20-23H2,1-3H3,(H,44,54)(H,46,58)(H,47,55)(H,50,56)(H,51,53)(H3,43,45,57)/t30-,35-/m0/s1. The van der Waals surface area contributed by atoms with Crippen LogP contribution in [0.2, 0.25) is 0 Å². The van der Waals surface area contributed by atoms with Crippen LogP contribution in [0, 0.1) is 5.92 Å². The molecule has 1 aromatic heterocycles. The van der Waals surface area contributed by atoms with E-state index in [1.807, 2.05) is 0 Å². The number of ketones is 1. The van der Waals surface area contributed by atoms with Gasteiger partial charge in [-0.15, -0.1) is 0 Å². The first kappa shape index (κ1) is 50.1. The van der Waals surface area contributed by atoms with Gasteiger partial charge in [0.15, 0.2) is 0 Å². The van der Waals surface area contributed by atoms with Crippen LogP contribution in [0.4, 0.5) is 15.3 Å². The Bertz CT molecular complexity index is 1970. The highest BCUT2D eigenvalue weighted by atomic mass is 79.9. The number of Topliss-reactive ketones (excluding diaryl/α,β-unsaturated/α-hetero) is 1. The molecule has 1 heterocycles. The van der Waals surface area contributed by atoms with E-state index in [2.05, 4.69) is 73.7 Å². The van der Waals surface area contributed by atoms with Crippen molar-refractivity contribution in [1.29, 1.82) is 0 Å². The van der Waals surface area contributed by atoms with Crippen LogP contribution in [0.25, 0.3) is 11.0 Å². The number of nitrogens with zero attached hydrogens (tertiary/aromatic N) is 2. The molecule has 61 heavy (non-hydrogen) atoms. The number of primary amides is 1. The average molecular weight is 980 g/mol. The normalized spacial score (nSPS) is 11.9. The number of nitrogens with one attached hydrogen (secondary N) is 6. The fraction of sp³-hybridized carbons (Fsp3) is 0.475. The van der Waals surface area contributed by atoms with Crippen LogP contribution in [0.1, 0.15) is 67.3 Å². The van der Waals surface area contributed by atoms with Crippen molar-refractivity contribution in [1.82, 2.24) is 36.6 Å². The number of alkyl halides is 2. The molecule has 0 aliphatic carbocycles. The second kappa shape index (κ2) is 26.9. The molecule has 0 aliphatic heterocycles. The van der Waals surface area contributed by atoms with Gasteiger partial charge < -0.3 is 51.8 Å². The van der Waals surface area contributed by atoms with Crippen LogP contribution >= 0.6 is 31.9 Å². The van der Waals surface area contributed by atoms with Crippen LogP contribution in [0.5, 0.6) is 0 Å². The smallest absolute Gasteiger partial charge is 0.407 e. The quantitative estimate of drug-likeness (QED) is 0.0452. The van der Waals surface area contributed by atoms with E-state index in [9.17, 15) is 33.6 Å². The number of urea groups is 1. The Morgan fingerprint density at radius 2 is 1.44 bits per heavy atom. The summed E-state index contributed by atoms with van der Waals surface area (Å²) in [5.41, 5.74) is 9.57. The summed E-state index contributed by atoms with van der Waals surface area (Å²) in [7, 11) is 0. The topological polar surface area (TPSA) is 271 Å². The van der Waals surface area contributed by atoms with Crippen LogP contribution in [0.15, 0.2) is 42.5 Å². The number of hydrogen-bond donors (Lipinski definition) is 7. The second-order valence-electron chi connectivity index (χ2n) is 13.9. The fourth-order valence-electron chi connectivity index (χ4n) is 5.45. The third-order valence-corrected chi connectivity index (χ3v) is 9.71. The summed E-state index contributed by atoms with van der Waals surface area (Å²) in [5.74, 6) is -2.39. The summed E-state index contributed by atoms with van der Waals surface area (Å²) in [4.78, 5) is 95.5. The Morgan fingerprint density at radius 1 is 0.770 bits per heavy atom. The SMILES string of the molecule is CC(=O)CNC(=O)OCc1ccc(NC(=O)[C@H](CCCNC(N)=O)NC(=O)[C@@H](NC(=O)CCOCCOCCNC(=O)c2ccc3nc(CBr)c(CBr)nc3c2)C(C)C)cc1. The maximum atomic E-state index is 13.5. The Labute approximate surface area is 370 Å². The summed E-state index contributed by atoms with van der Waals surface area (Å²) in [6, 6.07) is 8.85. The molecule has 332 valence electrons. The molecular weight excluding hydrogens is 926 g/mol. The van der Waals surface area contributed by atoms with Crippen molar-refractivity contribution in [2.45, 2.75) is 69.4 Å². The number of alkyl carbamates (subject to hydrolysis) is 1. The summed E-state index contributed by atoms with van der Waals surface area (Å²) in [6.07, 6.45) is -0.347. The van der Waals surface area contributed by atoms with Gasteiger partial charge in [0.2, 0.25) is 17.7 Å². The lowest BCUT2D eigenvalue weighted by molar-refractivity contribution is -0.132. The van der Waals surface area contributed by atoms with E-state index in [0.717, 1.165) is 11.4 Å². The van der Waals surface area contributed by atoms with Crippen molar-refractivity contribution in [3.05, 3.63) is 65.0 Å². The van der Waals surface area contributed by atoms with Crippen molar-refractivity contribution in [2.24, 2.45) is 11.7 Å². The molecule has 8 N–H and O–H groups in total. The van der Waals surface area contributed by atoms with Crippen molar-refractivity contribution < 1.29 is 47.8 Å². The number of fused-ring (bicyclic) bond motifs is 1. The molecule has 2 aromatic carbocycles. The largest absolute Gasteiger partial charge is 0.445 e. The number of rotatable bonds is 26. The zero-order chi connectivity index (χ0) is 44.7. The Hall–Kier alpha value is -5.25. The Kier molecular flexibility index (Phi) is 22.1. The van der Waals surface area contributed by atoms with E-state index in [-0.39, 0.29) is 83.1 Å². The average Bonchev–Trinajstić information content (AvgIpc) is 3.23. The first-order valence-electron chi connectivity index (χ1n) is 19.5. The third-order valence-electron chi connectivity index (χ3n) is 8.65. The van der Waals surface area contributed by atoms with Crippen LogP contribution in [0.3, 0.4) is 0 Å². The number of halogens is 2. The minimum absolute atomic E-state index is 0.0376. The lowest BCUT2D eigenvalue weighted by Gasteiger charge is -2.25. The van der Waals surface area contributed by atoms with Crippen molar-refractivity contribution in [3.63, 3.8) is 0 Å². The molecule has 0 aliphatic rings. The van der Waals surface area contributed by atoms with Gasteiger partial charge in [0, 0.05) is 41.4 Å². The summed E-state index contributed by atoms with van der Waals surface area (Å²) in [5, 5.41) is 16.9. The number of nitrogens with two attached hydrogens (primary N) is 1. The number of benzene rings is 2. The molecule has 0 unspecified atom stereocenters. The third kappa shape index (κ3) is 18.5. The highest BCUT2D eigenvalue weighted by molar-refractivity contribution is 9.09. The van der Waals surface area contributed by atoms with Gasteiger partial charge in [-0.1, -0.05) is 57.8 Å². The number of anilines is 1. The second-order valence-corrected chi connectivity index (χ2v) is 15.0. The lowest BCUT2D eigenvalue weighted by atomic mass is 10.0. The molecule has 0 fully saturated rings. The summed E-state index contributed by atoms with van der Waals surface area (Å²) < 4.78 is 16.2. The van der Waals surface area contributed by atoms with E-state index >= 15 is 0 Å². The molecular formula is C40H53Br2N9O10. The first-order chi connectivity index (χ1) is 29.2. The molecule has 2 atom stereocenters. The van der Waals surface area contributed by atoms with Gasteiger partial charge in [-0.3, -0.25) is 24.0 Å². The zero-order valence-corrected chi connectivity index (χ0v) is 37.4. The first-order valence-corrected chi connectivity index (χ1v) is 21.7. The highest BCUT2D eigenvalue weighted by Gasteiger charge is 2.29. The van der Waals surface area contributed by atoms with Gasteiger partial charge in [0.05, 0.1) is 55.4 Å². The van der Waals surface area contributed by atoms with Crippen LogP contribution in [-0.4, -0.2) is 110 Å². The minimum Gasteiger partial charge on any atom is -0.445 e. The number of carbonyl (C=O) groups excluding carboxylic acids is 7. The van der Waals surface area contributed by atoms with E-state index in [1.165, 1.54) is 6.92 Å². The Morgan fingerprint density at radius 3 is 2.08 bits per heavy atom. The van der Waals surface area contributed by atoms with E-state index in [1.54, 1.807) is 56.3 Å². The monoisotopic (exact) mass is 977 g/mol. The summed E-state index contributed by atoms with van der Waals surface area (Å²) >= 11 is 6.84. The Balaban J connectivity index is 1.41. The van der Waals surface area contributed by atoms with Crippen molar-refractivity contribution >= 4 is 90.1 Å². The summed E-state index contributed by atoms with van der Waals surface area (Å²) in [6.45, 7) is 5.78. The predicted octanol–water partition coefficient (Wildman–Crippen LogP) is 3.10. The van der Waals surface area contributed by atoms with Crippen molar-refractivity contribution in [2.75, 3.05) is 51.4 Å². The van der Waals surface area contributed by atoms with Crippen LogP contribution < -0.4 is 37.6 Å². The fourth-order valence-corrected chi connectivity index (χ4v) is 6.35. The number of ether oxygens (including phenoxy) is 3. The zero-order valence-electron chi connectivity index (χ0n) is 34.3. The number of aromatic nitrogens is 2. The highest BCUT2D eigenvalue weighted by Crippen LogP contribution is 2.19. The van der Waals surface area contributed by atoms with Gasteiger partial charge in [-0.05, 0) is 61.6 Å². The molecule has 7 amide bonds. The van der Waals surface area contributed by atoms with Gasteiger partial charge in [-0.2, -0.15) is 0 Å². The maximum absolute atomic E-state index is 13.5. The molecule has 3 aromatic rings.